The molecule has 0 bridgehead atoms. The Labute approximate surface area is 145 Å². The Morgan fingerprint density at radius 3 is 3.04 bits per heavy atom. The fraction of sp³-hybridized carbons (Fsp3) is 0.500. The van der Waals surface area contributed by atoms with Crippen molar-refractivity contribution < 1.29 is 0 Å². The van der Waals surface area contributed by atoms with Gasteiger partial charge in [-0.3, -0.25) is 0 Å². The molecule has 0 unspecified atom stereocenters. The van der Waals surface area contributed by atoms with Gasteiger partial charge in [-0.2, -0.15) is 0 Å². The first kappa shape index (κ1) is 14.4. The first-order chi connectivity index (χ1) is 11.8. The first-order valence-electron chi connectivity index (χ1n) is 8.82. The van der Waals surface area contributed by atoms with Gasteiger partial charge in [-0.1, -0.05) is 23.5 Å². The molecule has 1 atom stereocenters. The fourth-order valence-electron chi connectivity index (χ4n) is 4.05. The molecule has 6 heteroatoms. The van der Waals surface area contributed by atoms with E-state index in [9.17, 15) is 0 Å². The summed E-state index contributed by atoms with van der Waals surface area (Å²) in [7, 11) is 0. The van der Waals surface area contributed by atoms with Crippen LogP contribution in [-0.2, 0) is 13.0 Å². The number of piperidine rings is 1. The molecule has 2 aliphatic rings. The van der Waals surface area contributed by atoms with E-state index in [0.717, 1.165) is 36.7 Å². The number of aromatic nitrogens is 4. The van der Waals surface area contributed by atoms with E-state index in [1.54, 1.807) is 0 Å². The number of fused-ring (bicyclic) bond motifs is 2. The molecule has 2 aromatic heterocycles. The van der Waals surface area contributed by atoms with Crippen LogP contribution in [0.15, 0.2) is 18.2 Å². The summed E-state index contributed by atoms with van der Waals surface area (Å²) < 4.78 is 3.68. The van der Waals surface area contributed by atoms with Crippen LogP contribution in [0.3, 0.4) is 0 Å². The van der Waals surface area contributed by atoms with Crippen molar-refractivity contribution in [2.45, 2.75) is 45.1 Å². The van der Waals surface area contributed by atoms with Crippen molar-refractivity contribution in [3.63, 3.8) is 0 Å². The van der Waals surface area contributed by atoms with Gasteiger partial charge in [0.25, 0.3) is 0 Å². The molecule has 0 radical (unpaired) electrons. The monoisotopic (exact) mass is 339 g/mol. The van der Waals surface area contributed by atoms with Gasteiger partial charge in [-0.25, -0.2) is 4.98 Å². The highest BCUT2D eigenvalue weighted by atomic mass is 32.1. The third-order valence-electron chi connectivity index (χ3n) is 5.30. The highest BCUT2D eigenvalue weighted by Gasteiger charge is 2.29. The summed E-state index contributed by atoms with van der Waals surface area (Å²) in [6, 6.07) is 6.39. The number of anilines is 1. The molecule has 2 aliphatic heterocycles. The van der Waals surface area contributed by atoms with Crippen LogP contribution in [0.1, 0.15) is 42.4 Å². The Morgan fingerprint density at radius 2 is 2.12 bits per heavy atom. The quantitative estimate of drug-likeness (QED) is 0.717. The molecule has 1 fully saturated rings. The summed E-state index contributed by atoms with van der Waals surface area (Å²) in [5.41, 5.74) is 2.44. The van der Waals surface area contributed by atoms with Gasteiger partial charge in [0.2, 0.25) is 0 Å². The maximum Gasteiger partial charge on any atom is 0.186 e. The molecule has 0 aliphatic carbocycles. The number of benzene rings is 1. The van der Waals surface area contributed by atoms with Crippen molar-refractivity contribution >= 4 is 26.7 Å². The Balaban J connectivity index is 1.45. The molecule has 0 amide bonds. The van der Waals surface area contributed by atoms with Gasteiger partial charge in [0.05, 0.1) is 10.2 Å². The number of rotatable bonds is 2. The van der Waals surface area contributed by atoms with Crippen molar-refractivity contribution in [2.75, 3.05) is 18.0 Å². The number of hydrogen-bond acceptors (Lipinski definition) is 5. The summed E-state index contributed by atoms with van der Waals surface area (Å²) in [6.45, 7) is 5.37. The summed E-state index contributed by atoms with van der Waals surface area (Å²) >= 11 is 1.83. The minimum atomic E-state index is 0.478. The van der Waals surface area contributed by atoms with Crippen LogP contribution < -0.4 is 4.90 Å². The predicted molar refractivity (Wildman–Crippen MR) is 96.9 cm³/mol. The zero-order chi connectivity index (χ0) is 16.1. The summed E-state index contributed by atoms with van der Waals surface area (Å²) in [5.74, 6) is 2.86. The number of hydrogen-bond donors (Lipinski definition) is 0. The van der Waals surface area contributed by atoms with Gasteiger partial charge >= 0.3 is 0 Å². The van der Waals surface area contributed by atoms with E-state index in [-0.39, 0.29) is 0 Å². The Morgan fingerprint density at radius 1 is 1.17 bits per heavy atom. The second kappa shape index (κ2) is 5.55. The fourth-order valence-corrected chi connectivity index (χ4v) is 5.12. The molecule has 24 heavy (non-hydrogen) atoms. The maximum atomic E-state index is 4.89. The van der Waals surface area contributed by atoms with E-state index in [2.05, 4.69) is 44.8 Å². The highest BCUT2D eigenvalue weighted by molar-refractivity contribution is 7.22. The average Bonchev–Trinajstić information content (AvgIpc) is 3.30. The highest BCUT2D eigenvalue weighted by Crippen LogP contribution is 2.35. The summed E-state index contributed by atoms with van der Waals surface area (Å²) in [6.07, 6.45) is 4.70. The van der Waals surface area contributed by atoms with Crippen molar-refractivity contribution in [1.82, 2.24) is 19.7 Å². The number of aryl methyl sites for hydroxylation is 2. The third-order valence-corrected chi connectivity index (χ3v) is 6.56. The van der Waals surface area contributed by atoms with Crippen LogP contribution in [0.4, 0.5) is 5.13 Å². The van der Waals surface area contributed by atoms with Gasteiger partial charge in [-0.05, 0) is 37.8 Å². The largest absolute Gasteiger partial charge is 0.347 e. The third kappa shape index (κ3) is 2.24. The van der Waals surface area contributed by atoms with Crippen molar-refractivity contribution in [1.29, 1.82) is 0 Å². The second-order valence-electron chi connectivity index (χ2n) is 6.93. The molecule has 0 saturated carbocycles. The van der Waals surface area contributed by atoms with E-state index in [0.29, 0.717) is 5.92 Å². The van der Waals surface area contributed by atoms with Crippen LogP contribution in [0, 0.1) is 6.92 Å². The lowest BCUT2D eigenvalue weighted by Gasteiger charge is -2.32. The molecule has 1 saturated heterocycles. The predicted octanol–water partition coefficient (Wildman–Crippen LogP) is 3.53. The van der Waals surface area contributed by atoms with Gasteiger partial charge in [-0.15, -0.1) is 10.2 Å². The van der Waals surface area contributed by atoms with Crippen LogP contribution >= 0.6 is 11.3 Å². The molecule has 5 rings (SSSR count). The van der Waals surface area contributed by atoms with Crippen LogP contribution in [-0.4, -0.2) is 32.8 Å². The molecule has 0 spiro atoms. The maximum absolute atomic E-state index is 4.89. The van der Waals surface area contributed by atoms with E-state index in [1.165, 1.54) is 41.2 Å². The second-order valence-corrected chi connectivity index (χ2v) is 7.91. The Kier molecular flexibility index (Phi) is 3.33. The zero-order valence-corrected chi connectivity index (χ0v) is 14.7. The molecular formula is C18H21N5S. The van der Waals surface area contributed by atoms with Crippen LogP contribution in [0.5, 0.6) is 0 Å². The molecule has 124 valence electrons. The van der Waals surface area contributed by atoms with Gasteiger partial charge < -0.3 is 9.47 Å². The van der Waals surface area contributed by atoms with Gasteiger partial charge in [0, 0.05) is 32.0 Å². The number of thiazole rings is 1. The van der Waals surface area contributed by atoms with Crippen molar-refractivity contribution in [3.05, 3.63) is 35.4 Å². The van der Waals surface area contributed by atoms with Gasteiger partial charge in [0.1, 0.15) is 11.6 Å². The van der Waals surface area contributed by atoms with Crippen LogP contribution in [0.25, 0.3) is 10.2 Å². The lowest BCUT2D eigenvalue weighted by Crippen LogP contribution is -2.35. The van der Waals surface area contributed by atoms with E-state index >= 15 is 0 Å². The summed E-state index contributed by atoms with van der Waals surface area (Å²) in [4.78, 5) is 7.34. The molecule has 0 N–H and O–H groups in total. The lowest BCUT2D eigenvalue weighted by molar-refractivity contribution is 0.473. The van der Waals surface area contributed by atoms with E-state index in [1.807, 2.05) is 11.3 Å². The van der Waals surface area contributed by atoms with E-state index in [4.69, 9.17) is 4.98 Å². The normalized spacial score (nSPS) is 20.7. The first-order valence-corrected chi connectivity index (χ1v) is 9.64. The van der Waals surface area contributed by atoms with Crippen molar-refractivity contribution in [3.8, 4) is 0 Å². The molecule has 3 aromatic rings. The average molecular weight is 339 g/mol. The Bertz CT molecular complexity index is 896. The Hall–Kier alpha value is -1.95. The standard InChI is InChI=1S/C18H21N5S/c1-12-5-2-7-14-16(12)24-18(19-14)22-9-3-6-13(11-22)17-21-20-15-8-4-10-23(15)17/h2,5,7,13H,3-4,6,8-11H2,1H3/t13-/m0/s1. The topological polar surface area (TPSA) is 46.8 Å². The minimum Gasteiger partial charge on any atom is -0.347 e. The number of nitrogens with zero attached hydrogens (tertiary/aromatic N) is 5. The summed E-state index contributed by atoms with van der Waals surface area (Å²) in [5, 5.41) is 10.1. The van der Waals surface area contributed by atoms with Crippen molar-refractivity contribution in [2.24, 2.45) is 0 Å². The van der Waals surface area contributed by atoms with Crippen LogP contribution in [0.2, 0.25) is 0 Å². The minimum absolute atomic E-state index is 0.478. The molecule has 5 nitrogen and oxygen atoms in total. The molecule has 1 aromatic carbocycles. The zero-order valence-electron chi connectivity index (χ0n) is 13.9. The lowest BCUT2D eigenvalue weighted by atomic mass is 9.97. The van der Waals surface area contributed by atoms with E-state index < -0.39 is 0 Å². The molecule has 4 heterocycles. The smallest absolute Gasteiger partial charge is 0.186 e. The molecular weight excluding hydrogens is 318 g/mol. The van der Waals surface area contributed by atoms with Gasteiger partial charge in [0.15, 0.2) is 5.13 Å². The SMILES string of the molecule is Cc1cccc2nc(N3CCC[C@H](c4nnc5n4CCC5)C3)sc12.